The molecule has 0 radical (unpaired) electrons. The molecular formula is C21H43NSi2. The van der Waals surface area contributed by atoms with E-state index in [9.17, 15) is 0 Å². The monoisotopic (exact) mass is 365 g/mol. The van der Waals surface area contributed by atoms with Gasteiger partial charge in [0.25, 0.3) is 0 Å². The highest BCUT2D eigenvalue weighted by Crippen LogP contribution is 2.23. The van der Waals surface area contributed by atoms with Gasteiger partial charge < -0.3 is 0 Å². The van der Waals surface area contributed by atoms with Gasteiger partial charge in [0, 0.05) is 6.54 Å². The Kier molecular flexibility index (Phi) is 11.8. The molecule has 0 atom stereocenters. The van der Waals surface area contributed by atoms with E-state index in [4.69, 9.17) is 0 Å². The maximum absolute atomic E-state index is 4.63. The maximum Gasteiger partial charge on any atom is 0.0568 e. The molecule has 0 aromatic rings. The van der Waals surface area contributed by atoms with Crippen LogP contribution in [0.25, 0.3) is 0 Å². The fourth-order valence-electron chi connectivity index (χ4n) is 3.53. The molecule has 0 unspecified atom stereocenters. The summed E-state index contributed by atoms with van der Waals surface area (Å²) in [7, 11) is -2.14. The van der Waals surface area contributed by atoms with Crippen LogP contribution in [0.15, 0.2) is 29.3 Å². The number of unbranched alkanes of at least 4 members (excludes halogenated alkanes) is 4. The van der Waals surface area contributed by atoms with Crippen molar-refractivity contribution >= 4 is 22.4 Å². The molecule has 1 nitrogen and oxygen atoms in total. The first-order valence-corrected chi connectivity index (χ1v) is 16.6. The van der Waals surface area contributed by atoms with Gasteiger partial charge in [-0.3, -0.25) is 4.99 Å². The van der Waals surface area contributed by atoms with Gasteiger partial charge in [0.1, 0.15) is 0 Å². The highest BCUT2D eigenvalue weighted by atomic mass is 28.3. The van der Waals surface area contributed by atoms with Crippen molar-refractivity contribution in [3.8, 4) is 0 Å². The van der Waals surface area contributed by atoms with Crippen molar-refractivity contribution in [3.63, 3.8) is 0 Å². The number of hydrogen-bond acceptors (Lipinski definition) is 1. The predicted molar refractivity (Wildman–Crippen MR) is 120 cm³/mol. The summed E-state index contributed by atoms with van der Waals surface area (Å²) in [5.74, 6) is 0. The van der Waals surface area contributed by atoms with Gasteiger partial charge in [-0.25, -0.2) is 0 Å². The largest absolute Gasteiger partial charge is 0.298 e. The van der Waals surface area contributed by atoms with E-state index in [1.54, 1.807) is 0 Å². The van der Waals surface area contributed by atoms with Crippen molar-refractivity contribution in [2.24, 2.45) is 4.99 Å². The molecule has 0 heterocycles. The molecule has 3 heteroatoms. The summed E-state index contributed by atoms with van der Waals surface area (Å²) in [6.45, 7) is 23.4. The van der Waals surface area contributed by atoms with E-state index in [2.05, 4.69) is 64.4 Å². The van der Waals surface area contributed by atoms with Crippen LogP contribution in [0.4, 0.5) is 0 Å². The zero-order chi connectivity index (χ0) is 18.6. The van der Waals surface area contributed by atoms with Gasteiger partial charge in [-0.2, -0.15) is 0 Å². The third-order valence-corrected chi connectivity index (χ3v) is 10.6. The van der Waals surface area contributed by atoms with Crippen molar-refractivity contribution in [2.45, 2.75) is 96.3 Å². The number of rotatable bonds is 14. The highest BCUT2D eigenvalue weighted by Gasteiger charge is 2.20. The number of allylic oxidation sites excluding steroid dienone is 2. The molecule has 0 rings (SSSR count). The van der Waals surface area contributed by atoms with Crippen molar-refractivity contribution in [1.82, 2.24) is 0 Å². The molecule has 0 aliphatic rings. The van der Waals surface area contributed by atoms with Gasteiger partial charge in [0.05, 0.1) is 16.1 Å². The number of aliphatic imine (C=N–C) groups is 1. The standard InChI is InChI=1S/C21H43NSi2/c1-20(2)18-23(5,6)16-13-11-9-10-12-14-22-15-17-24(7,8)19-21(3)4/h15H,1,3,9-14,16-19H2,2,4-8H3. The van der Waals surface area contributed by atoms with E-state index in [1.165, 1.54) is 67.4 Å². The second kappa shape index (κ2) is 12.0. The summed E-state index contributed by atoms with van der Waals surface area (Å²) in [4.78, 5) is 4.63. The van der Waals surface area contributed by atoms with E-state index < -0.39 is 16.1 Å². The molecule has 0 aliphatic heterocycles. The van der Waals surface area contributed by atoms with Gasteiger partial charge in [-0.05, 0) is 44.6 Å². The lowest BCUT2D eigenvalue weighted by Crippen LogP contribution is -2.25. The second-order valence-corrected chi connectivity index (χ2v) is 19.7. The Labute approximate surface area is 154 Å². The second-order valence-electron chi connectivity index (χ2n) is 9.41. The first-order valence-electron chi connectivity index (χ1n) is 9.81. The lowest BCUT2D eigenvalue weighted by molar-refractivity contribution is 0.636. The molecule has 0 aromatic heterocycles. The van der Waals surface area contributed by atoms with E-state index in [-0.39, 0.29) is 0 Å². The Morgan fingerprint density at radius 2 is 1.29 bits per heavy atom. The highest BCUT2D eigenvalue weighted by molar-refractivity contribution is 6.80. The SMILES string of the molecule is C=C(C)C[Si](C)(C)CC=NCCCCCCC[Si](C)(C)CC(=C)C. The van der Waals surface area contributed by atoms with Gasteiger partial charge >= 0.3 is 0 Å². The summed E-state index contributed by atoms with van der Waals surface area (Å²) in [5.41, 5.74) is 2.70. The van der Waals surface area contributed by atoms with Crippen LogP contribution in [0.1, 0.15) is 46.0 Å². The number of hydrogen-bond donors (Lipinski definition) is 0. The molecule has 0 saturated heterocycles. The maximum atomic E-state index is 4.63. The molecule has 0 N–H and O–H groups in total. The fraction of sp³-hybridized carbons (Fsp3) is 0.762. The fourth-order valence-corrected chi connectivity index (χ4v) is 8.95. The summed E-state index contributed by atoms with van der Waals surface area (Å²) < 4.78 is 0. The minimum Gasteiger partial charge on any atom is -0.298 e. The zero-order valence-corrected chi connectivity index (χ0v) is 19.5. The van der Waals surface area contributed by atoms with Gasteiger partial charge in [-0.1, -0.05) is 69.1 Å². The quantitative estimate of drug-likeness (QED) is 0.130. The van der Waals surface area contributed by atoms with E-state index in [0.717, 1.165) is 6.54 Å². The lowest BCUT2D eigenvalue weighted by atomic mass is 10.1. The van der Waals surface area contributed by atoms with E-state index in [0.29, 0.717) is 0 Å². The van der Waals surface area contributed by atoms with Gasteiger partial charge in [0.15, 0.2) is 0 Å². The Morgan fingerprint density at radius 3 is 1.88 bits per heavy atom. The summed E-state index contributed by atoms with van der Waals surface area (Å²) in [6, 6.07) is 5.18. The van der Waals surface area contributed by atoms with Gasteiger partial charge in [0.2, 0.25) is 0 Å². The van der Waals surface area contributed by atoms with Crippen LogP contribution in [-0.2, 0) is 0 Å². The predicted octanol–water partition coefficient (Wildman–Crippen LogP) is 7.58. The van der Waals surface area contributed by atoms with E-state index >= 15 is 0 Å². The van der Waals surface area contributed by atoms with Crippen LogP contribution in [0.5, 0.6) is 0 Å². The lowest BCUT2D eigenvalue weighted by Gasteiger charge is -2.22. The topological polar surface area (TPSA) is 12.4 Å². The Bertz CT molecular complexity index is 408. The van der Waals surface area contributed by atoms with Crippen LogP contribution < -0.4 is 0 Å². The molecule has 24 heavy (non-hydrogen) atoms. The third-order valence-electron chi connectivity index (χ3n) is 4.47. The van der Waals surface area contributed by atoms with Crippen molar-refractivity contribution in [2.75, 3.05) is 6.54 Å². The molecule has 0 amide bonds. The number of nitrogens with zero attached hydrogens (tertiary/aromatic N) is 1. The minimum atomic E-state index is -1.13. The molecule has 0 aromatic carbocycles. The molecular weight excluding hydrogens is 322 g/mol. The Balaban J connectivity index is 3.62. The molecule has 0 bridgehead atoms. The summed E-state index contributed by atoms with van der Waals surface area (Å²) in [6.07, 6.45) is 8.98. The van der Waals surface area contributed by atoms with Gasteiger partial charge in [-0.15, -0.1) is 13.2 Å². The smallest absolute Gasteiger partial charge is 0.0568 e. The van der Waals surface area contributed by atoms with Crippen LogP contribution >= 0.6 is 0 Å². The molecule has 0 aliphatic carbocycles. The van der Waals surface area contributed by atoms with Crippen molar-refractivity contribution in [3.05, 3.63) is 24.3 Å². The summed E-state index contributed by atoms with van der Waals surface area (Å²) >= 11 is 0. The summed E-state index contributed by atoms with van der Waals surface area (Å²) in [5, 5.41) is 0. The third kappa shape index (κ3) is 15.1. The molecule has 0 fully saturated rings. The van der Waals surface area contributed by atoms with Crippen LogP contribution in [0.3, 0.4) is 0 Å². The Morgan fingerprint density at radius 1 is 0.792 bits per heavy atom. The van der Waals surface area contributed by atoms with Crippen LogP contribution in [0.2, 0.25) is 50.4 Å². The first-order chi connectivity index (χ1) is 11.0. The zero-order valence-electron chi connectivity index (χ0n) is 17.5. The molecule has 0 spiro atoms. The average Bonchev–Trinajstić information content (AvgIpc) is 2.37. The van der Waals surface area contributed by atoms with Crippen molar-refractivity contribution < 1.29 is 0 Å². The molecule has 140 valence electrons. The minimum absolute atomic E-state index is 1.01. The van der Waals surface area contributed by atoms with E-state index in [1.807, 2.05) is 0 Å². The van der Waals surface area contributed by atoms with Crippen LogP contribution in [0, 0.1) is 0 Å². The Hall–Kier alpha value is -0.416. The normalized spacial score (nSPS) is 12.8. The van der Waals surface area contributed by atoms with Crippen LogP contribution in [-0.4, -0.2) is 28.9 Å². The average molecular weight is 366 g/mol. The first kappa shape index (κ1) is 23.6. The molecule has 0 saturated carbocycles. The van der Waals surface area contributed by atoms with Crippen molar-refractivity contribution in [1.29, 1.82) is 0 Å².